The molecule has 0 atom stereocenters. The van der Waals surface area contributed by atoms with Gasteiger partial charge < -0.3 is 5.32 Å². The first-order valence-corrected chi connectivity index (χ1v) is 6.82. The lowest BCUT2D eigenvalue weighted by molar-refractivity contribution is -0.104. The van der Waals surface area contributed by atoms with Gasteiger partial charge in [0.25, 0.3) is 0 Å². The number of rotatable bonds is 5. The first-order chi connectivity index (χ1) is 8.98. The van der Waals surface area contributed by atoms with Crippen LogP contribution in [-0.2, 0) is 4.79 Å². The number of hydrogen-bond acceptors (Lipinski definition) is 2. The highest BCUT2D eigenvalue weighted by atomic mass is 16.1. The van der Waals surface area contributed by atoms with Crippen molar-refractivity contribution < 1.29 is 4.79 Å². The molecule has 0 radical (unpaired) electrons. The van der Waals surface area contributed by atoms with Crippen LogP contribution in [0.3, 0.4) is 0 Å². The van der Waals surface area contributed by atoms with Crippen molar-refractivity contribution in [1.29, 1.82) is 0 Å². The van der Waals surface area contributed by atoms with Crippen molar-refractivity contribution in [2.24, 2.45) is 0 Å². The van der Waals surface area contributed by atoms with E-state index in [9.17, 15) is 4.79 Å². The molecule has 0 aliphatic carbocycles. The van der Waals surface area contributed by atoms with Gasteiger partial charge in [-0.05, 0) is 47.2 Å². The molecule has 0 aromatic rings. The molecule has 2 heteroatoms. The fraction of sp³-hybridized carbons (Fsp3) is 0.588. The van der Waals surface area contributed by atoms with Crippen LogP contribution in [0, 0.1) is 12.3 Å². The van der Waals surface area contributed by atoms with E-state index in [0.29, 0.717) is 0 Å². The molecule has 110 valence electrons. The van der Waals surface area contributed by atoms with Crippen LogP contribution in [0.25, 0.3) is 0 Å². The van der Waals surface area contributed by atoms with E-state index in [0.717, 1.165) is 36.8 Å². The van der Waals surface area contributed by atoms with Crippen LogP contribution in [0.5, 0.6) is 0 Å². The maximum absolute atomic E-state index is 10.6. The normalized spacial score (nSPS) is 7.68. The smallest absolute Gasteiger partial charge is 0.149 e. The summed E-state index contributed by atoms with van der Waals surface area (Å²) in [4.78, 5) is 10.6. The number of carbonyl (C=O) groups excluding carboxylic acids is 1. The molecule has 0 amide bonds. The molecule has 0 saturated heterocycles. The average molecular weight is 265 g/mol. The van der Waals surface area contributed by atoms with Crippen LogP contribution in [0.15, 0.2) is 22.8 Å². The van der Waals surface area contributed by atoms with Crippen molar-refractivity contribution in [1.82, 2.24) is 5.32 Å². The minimum atomic E-state index is 0.828. The Morgan fingerprint density at radius 3 is 1.74 bits per heavy atom. The predicted octanol–water partition coefficient (Wildman–Crippen LogP) is 4.13. The molecule has 0 rings (SSSR count). The third kappa shape index (κ3) is 19.2. The predicted molar refractivity (Wildman–Crippen MR) is 87.2 cm³/mol. The number of hydrogen-bond donors (Lipinski definition) is 1. The first kappa shape index (κ1) is 22.8. The Morgan fingerprint density at radius 1 is 1.21 bits per heavy atom. The zero-order valence-electron chi connectivity index (χ0n) is 13.8. The minimum absolute atomic E-state index is 0.828. The van der Waals surface area contributed by atoms with Crippen LogP contribution >= 0.6 is 0 Å². The maximum Gasteiger partial charge on any atom is 0.149 e. The third-order valence-corrected chi connectivity index (χ3v) is 2.33. The number of allylic oxidation sites excluding steroid dienone is 4. The fourth-order valence-electron chi connectivity index (χ4n) is 0.970. The molecule has 0 heterocycles. The summed E-state index contributed by atoms with van der Waals surface area (Å²) in [6.07, 6.45) is 9.59. The molecule has 0 aliphatic rings. The van der Waals surface area contributed by atoms with E-state index in [1.54, 1.807) is 6.92 Å². The van der Waals surface area contributed by atoms with Crippen molar-refractivity contribution in [3.63, 3.8) is 0 Å². The summed E-state index contributed by atoms with van der Waals surface area (Å²) < 4.78 is 0. The van der Waals surface area contributed by atoms with Crippen LogP contribution in [0.1, 0.15) is 54.4 Å². The Morgan fingerprint density at radius 2 is 1.58 bits per heavy atom. The summed E-state index contributed by atoms with van der Waals surface area (Å²) >= 11 is 0. The monoisotopic (exact) mass is 265 g/mol. The van der Waals surface area contributed by atoms with Crippen LogP contribution in [-0.4, -0.2) is 19.9 Å². The Kier molecular flexibility index (Phi) is 22.8. The molecule has 0 unspecified atom stereocenters. The topological polar surface area (TPSA) is 29.1 Å². The molecular formula is C17H31NO. The second kappa shape index (κ2) is 19.0. The van der Waals surface area contributed by atoms with Gasteiger partial charge in [0, 0.05) is 5.57 Å². The molecule has 0 fully saturated rings. The Bertz CT molecular complexity index is 294. The van der Waals surface area contributed by atoms with Gasteiger partial charge in [-0.15, -0.1) is 12.3 Å². The Labute approximate surface area is 120 Å². The van der Waals surface area contributed by atoms with Gasteiger partial charge in [0.05, 0.1) is 0 Å². The largest absolute Gasteiger partial charge is 0.320 e. The van der Waals surface area contributed by atoms with Gasteiger partial charge in [-0.25, -0.2) is 0 Å². The van der Waals surface area contributed by atoms with E-state index in [2.05, 4.69) is 38.4 Å². The number of aldehydes is 1. The van der Waals surface area contributed by atoms with Crippen LogP contribution in [0.4, 0.5) is 0 Å². The van der Waals surface area contributed by atoms with E-state index in [-0.39, 0.29) is 0 Å². The van der Waals surface area contributed by atoms with E-state index < -0.39 is 0 Å². The highest BCUT2D eigenvalue weighted by molar-refractivity contribution is 5.78. The van der Waals surface area contributed by atoms with Gasteiger partial charge in [-0.1, -0.05) is 38.0 Å². The summed E-state index contributed by atoms with van der Waals surface area (Å²) in [6, 6.07) is 0. The van der Waals surface area contributed by atoms with Gasteiger partial charge in [0.15, 0.2) is 0 Å². The van der Waals surface area contributed by atoms with Gasteiger partial charge in [-0.3, -0.25) is 4.79 Å². The SMILES string of the molecule is C#CC.CCC(=CC(C=O)=C(C)C)CC.CCNC. The molecule has 1 N–H and O–H groups in total. The fourth-order valence-corrected chi connectivity index (χ4v) is 0.970. The molecule has 19 heavy (non-hydrogen) atoms. The van der Waals surface area contributed by atoms with Crippen LogP contribution < -0.4 is 5.32 Å². The van der Waals surface area contributed by atoms with E-state index in [4.69, 9.17) is 0 Å². The molecule has 0 spiro atoms. The quantitative estimate of drug-likeness (QED) is 0.350. The van der Waals surface area contributed by atoms with E-state index in [1.807, 2.05) is 27.0 Å². The van der Waals surface area contributed by atoms with Gasteiger partial charge >= 0.3 is 0 Å². The van der Waals surface area contributed by atoms with Crippen LogP contribution in [0.2, 0.25) is 0 Å². The summed E-state index contributed by atoms with van der Waals surface area (Å²) in [7, 11) is 1.93. The van der Waals surface area contributed by atoms with Crippen molar-refractivity contribution in [2.45, 2.75) is 54.4 Å². The van der Waals surface area contributed by atoms with Gasteiger partial charge in [-0.2, -0.15) is 0 Å². The Balaban J connectivity index is -0.000000303. The zero-order chi connectivity index (χ0) is 15.7. The van der Waals surface area contributed by atoms with E-state index >= 15 is 0 Å². The summed E-state index contributed by atoms with van der Waals surface area (Å²) in [5.41, 5.74) is 3.25. The second-order valence-corrected chi connectivity index (χ2v) is 4.08. The summed E-state index contributed by atoms with van der Waals surface area (Å²) in [5, 5.41) is 2.93. The molecule has 2 nitrogen and oxygen atoms in total. The molecule has 0 saturated carbocycles. The van der Waals surface area contributed by atoms with Crippen molar-refractivity contribution >= 4 is 6.29 Å². The van der Waals surface area contributed by atoms with Gasteiger partial charge in [0.1, 0.15) is 6.29 Å². The maximum atomic E-state index is 10.6. The van der Waals surface area contributed by atoms with Crippen molar-refractivity contribution in [3.8, 4) is 12.3 Å². The van der Waals surface area contributed by atoms with Crippen molar-refractivity contribution in [3.05, 3.63) is 22.8 Å². The lowest BCUT2D eigenvalue weighted by atomic mass is 10.0. The molecule has 0 aliphatic heterocycles. The minimum Gasteiger partial charge on any atom is -0.320 e. The second-order valence-electron chi connectivity index (χ2n) is 4.08. The van der Waals surface area contributed by atoms with E-state index in [1.165, 1.54) is 5.57 Å². The highest BCUT2D eigenvalue weighted by Crippen LogP contribution is 2.11. The number of nitrogens with one attached hydrogen (secondary N) is 1. The average Bonchev–Trinajstić information content (AvgIpc) is 2.41. The highest BCUT2D eigenvalue weighted by Gasteiger charge is 1.95. The van der Waals surface area contributed by atoms with Crippen molar-refractivity contribution in [2.75, 3.05) is 13.6 Å². The first-order valence-electron chi connectivity index (χ1n) is 6.82. The third-order valence-electron chi connectivity index (χ3n) is 2.33. The number of carbonyl (C=O) groups is 1. The van der Waals surface area contributed by atoms with Gasteiger partial charge in [0.2, 0.25) is 0 Å². The molecule has 0 aromatic carbocycles. The standard InChI is InChI=1S/C11H18O.C3H9N.C3H4/c1-5-10(6-2)7-11(8-12)9(3)4;1-3-4-2;1-3-2/h7-8H,5-6H2,1-4H3;4H,3H2,1-2H3;1H,2H3. The Hall–Kier alpha value is -1.33. The zero-order valence-corrected chi connectivity index (χ0v) is 13.8. The lowest BCUT2D eigenvalue weighted by Gasteiger charge is -2.00. The lowest BCUT2D eigenvalue weighted by Crippen LogP contribution is -2.01. The summed E-state index contributed by atoms with van der Waals surface area (Å²) in [6.45, 7) is 12.9. The molecule has 0 aromatic heterocycles. The molecular weight excluding hydrogens is 234 g/mol. The number of terminal acetylenes is 1. The molecule has 0 bridgehead atoms. The summed E-state index contributed by atoms with van der Waals surface area (Å²) in [5.74, 6) is 2.25.